The summed E-state index contributed by atoms with van der Waals surface area (Å²) in [5.74, 6) is 1.29. The highest BCUT2D eigenvalue weighted by Crippen LogP contribution is 2.29. The van der Waals surface area contributed by atoms with Gasteiger partial charge in [-0.3, -0.25) is 4.79 Å². The fraction of sp³-hybridized carbons (Fsp3) is 0.154. The van der Waals surface area contributed by atoms with Gasteiger partial charge in [0.25, 0.3) is 5.56 Å². The second-order valence-corrected chi connectivity index (χ2v) is 8.76. The zero-order chi connectivity index (χ0) is 22.2. The Morgan fingerprint density at radius 3 is 2.56 bits per heavy atom. The summed E-state index contributed by atoms with van der Waals surface area (Å²) in [5, 5.41) is 0. The number of ether oxygens (including phenoxy) is 2. The minimum atomic E-state index is -0.0564. The normalized spacial score (nSPS) is 12.0. The van der Waals surface area contributed by atoms with Gasteiger partial charge in [-0.25, -0.2) is 9.38 Å². The van der Waals surface area contributed by atoms with Crippen molar-refractivity contribution in [3.05, 3.63) is 97.8 Å². The largest absolute Gasteiger partial charge is 0.493 e. The number of fused-ring (bicyclic) bond motifs is 3. The zero-order valence-corrected chi connectivity index (χ0v) is 18.9. The first-order chi connectivity index (χ1) is 15.5. The van der Waals surface area contributed by atoms with Crippen molar-refractivity contribution in [1.82, 2.24) is 9.38 Å². The highest BCUT2D eigenvalue weighted by molar-refractivity contribution is 7.15. The molecule has 0 atom stereocenters. The number of benzene rings is 3. The van der Waals surface area contributed by atoms with E-state index in [9.17, 15) is 4.79 Å². The molecule has 160 valence electrons. The van der Waals surface area contributed by atoms with E-state index in [0.29, 0.717) is 27.6 Å². The molecule has 0 fully saturated rings. The lowest BCUT2D eigenvalue weighted by atomic mass is 10.1. The van der Waals surface area contributed by atoms with E-state index < -0.39 is 0 Å². The predicted octanol–water partition coefficient (Wildman–Crippen LogP) is 4.66. The number of imidazole rings is 1. The van der Waals surface area contributed by atoms with E-state index >= 15 is 0 Å². The van der Waals surface area contributed by atoms with Gasteiger partial charge in [0, 0.05) is 0 Å². The predicted molar refractivity (Wildman–Crippen MR) is 129 cm³/mol. The van der Waals surface area contributed by atoms with Crippen LogP contribution in [0.5, 0.6) is 11.5 Å². The van der Waals surface area contributed by atoms with E-state index in [-0.39, 0.29) is 5.56 Å². The summed E-state index contributed by atoms with van der Waals surface area (Å²) in [6, 6.07) is 19.7. The third kappa shape index (κ3) is 3.63. The second-order valence-electron chi connectivity index (χ2n) is 7.76. The lowest BCUT2D eigenvalue weighted by molar-refractivity contribution is 0.284. The van der Waals surface area contributed by atoms with E-state index in [1.807, 2.05) is 73.7 Å². The van der Waals surface area contributed by atoms with Crippen LogP contribution in [0.3, 0.4) is 0 Å². The van der Waals surface area contributed by atoms with Crippen molar-refractivity contribution >= 4 is 33.4 Å². The molecular weight excluding hydrogens is 420 g/mol. The van der Waals surface area contributed by atoms with Crippen LogP contribution < -0.4 is 19.6 Å². The van der Waals surface area contributed by atoms with Crippen molar-refractivity contribution in [1.29, 1.82) is 0 Å². The fourth-order valence-corrected chi connectivity index (χ4v) is 4.69. The number of nitrogens with zero attached hydrogens (tertiary/aromatic N) is 2. The number of methoxy groups -OCH3 is 1. The number of hydrogen-bond acceptors (Lipinski definition) is 5. The SMILES string of the molecule is COc1cc(/C=c2/sc3nc4cc(C)c(C)cc4n3c2=O)ccc1OCc1ccccc1. The van der Waals surface area contributed by atoms with Gasteiger partial charge < -0.3 is 9.47 Å². The molecule has 0 bridgehead atoms. The maximum Gasteiger partial charge on any atom is 0.274 e. The Bertz CT molecular complexity index is 1550. The number of aromatic nitrogens is 2. The van der Waals surface area contributed by atoms with E-state index in [1.165, 1.54) is 16.9 Å². The molecule has 32 heavy (non-hydrogen) atoms. The molecule has 2 heterocycles. The zero-order valence-electron chi connectivity index (χ0n) is 18.1. The monoisotopic (exact) mass is 442 g/mol. The van der Waals surface area contributed by atoms with Crippen LogP contribution in [0, 0.1) is 13.8 Å². The van der Waals surface area contributed by atoms with Crippen LogP contribution in [-0.4, -0.2) is 16.5 Å². The minimum Gasteiger partial charge on any atom is -0.493 e. The minimum absolute atomic E-state index is 0.0564. The highest BCUT2D eigenvalue weighted by Gasteiger charge is 2.13. The molecular formula is C26H22N2O3S. The standard InChI is InChI=1S/C26H22N2O3S/c1-16-11-20-21(12-17(16)2)28-25(29)24(32-26(28)27-20)14-19-9-10-22(23(13-19)30-3)31-15-18-7-5-4-6-8-18/h4-14H,15H2,1-3H3/b24-14+. The van der Waals surface area contributed by atoms with Crippen LogP contribution in [0.4, 0.5) is 0 Å². The summed E-state index contributed by atoms with van der Waals surface area (Å²) in [6.07, 6.45) is 1.87. The first kappa shape index (κ1) is 20.3. The van der Waals surface area contributed by atoms with Crippen molar-refractivity contribution in [2.45, 2.75) is 20.5 Å². The molecule has 0 saturated heterocycles. The molecule has 3 aromatic carbocycles. The Labute approximate surface area is 189 Å². The number of rotatable bonds is 5. The van der Waals surface area contributed by atoms with Gasteiger partial charge in [-0.2, -0.15) is 0 Å². The summed E-state index contributed by atoms with van der Waals surface area (Å²) < 4.78 is 13.8. The summed E-state index contributed by atoms with van der Waals surface area (Å²) >= 11 is 1.39. The van der Waals surface area contributed by atoms with Crippen molar-refractivity contribution in [2.24, 2.45) is 0 Å². The van der Waals surface area contributed by atoms with Gasteiger partial charge in [0.2, 0.25) is 0 Å². The average molecular weight is 443 g/mol. The topological polar surface area (TPSA) is 52.8 Å². The first-order valence-corrected chi connectivity index (χ1v) is 11.1. The molecule has 5 aromatic rings. The molecule has 0 saturated carbocycles. The van der Waals surface area contributed by atoms with Gasteiger partial charge >= 0.3 is 0 Å². The van der Waals surface area contributed by atoms with Crippen LogP contribution in [0.25, 0.3) is 22.1 Å². The maximum atomic E-state index is 13.1. The highest BCUT2D eigenvalue weighted by atomic mass is 32.1. The number of hydrogen-bond donors (Lipinski definition) is 0. The summed E-state index contributed by atoms with van der Waals surface area (Å²) in [5.41, 5.74) is 5.91. The van der Waals surface area contributed by atoms with Gasteiger partial charge in [0.1, 0.15) is 6.61 Å². The molecule has 2 aromatic heterocycles. The molecule has 0 amide bonds. The van der Waals surface area contributed by atoms with Gasteiger partial charge in [-0.1, -0.05) is 47.7 Å². The average Bonchev–Trinajstić information content (AvgIpc) is 3.29. The summed E-state index contributed by atoms with van der Waals surface area (Å²) in [4.78, 5) is 18.5. The van der Waals surface area contributed by atoms with Gasteiger partial charge in [-0.05, 0) is 66.4 Å². The first-order valence-electron chi connectivity index (χ1n) is 10.3. The second kappa shape index (κ2) is 8.13. The molecule has 0 aliphatic heterocycles. The van der Waals surface area contributed by atoms with Gasteiger partial charge in [0.15, 0.2) is 16.5 Å². The molecule has 0 unspecified atom stereocenters. The Balaban J connectivity index is 1.51. The van der Waals surface area contributed by atoms with Crippen molar-refractivity contribution < 1.29 is 9.47 Å². The fourth-order valence-electron chi connectivity index (χ4n) is 3.70. The lowest BCUT2D eigenvalue weighted by Crippen LogP contribution is -2.22. The van der Waals surface area contributed by atoms with Crippen LogP contribution in [0.2, 0.25) is 0 Å². The van der Waals surface area contributed by atoms with Gasteiger partial charge in [-0.15, -0.1) is 0 Å². The Hall–Kier alpha value is -3.64. The van der Waals surface area contributed by atoms with Crippen molar-refractivity contribution in [2.75, 3.05) is 7.11 Å². The Morgan fingerprint density at radius 2 is 1.78 bits per heavy atom. The molecule has 0 N–H and O–H groups in total. The number of thiazole rings is 1. The molecule has 6 heteroatoms. The molecule has 0 spiro atoms. The smallest absolute Gasteiger partial charge is 0.274 e. The van der Waals surface area contributed by atoms with E-state index in [2.05, 4.69) is 11.9 Å². The van der Waals surface area contributed by atoms with Crippen LogP contribution in [0.15, 0.2) is 65.5 Å². The quantitative estimate of drug-likeness (QED) is 0.397. The van der Waals surface area contributed by atoms with Crippen LogP contribution in [-0.2, 0) is 6.61 Å². The molecule has 0 aliphatic rings. The van der Waals surface area contributed by atoms with E-state index in [4.69, 9.17) is 9.47 Å². The summed E-state index contributed by atoms with van der Waals surface area (Å²) in [6.45, 7) is 4.56. The van der Waals surface area contributed by atoms with Crippen LogP contribution >= 0.6 is 11.3 Å². The molecule has 0 radical (unpaired) electrons. The van der Waals surface area contributed by atoms with E-state index in [1.54, 1.807) is 11.5 Å². The van der Waals surface area contributed by atoms with Crippen molar-refractivity contribution in [3.8, 4) is 11.5 Å². The Morgan fingerprint density at radius 1 is 1.00 bits per heavy atom. The third-order valence-corrected chi connectivity index (χ3v) is 6.55. The summed E-state index contributed by atoms with van der Waals surface area (Å²) in [7, 11) is 1.61. The molecule has 5 rings (SSSR count). The molecule has 5 nitrogen and oxygen atoms in total. The maximum absolute atomic E-state index is 13.1. The third-order valence-electron chi connectivity index (χ3n) is 5.58. The lowest BCUT2D eigenvalue weighted by Gasteiger charge is -2.11. The Kier molecular flexibility index (Phi) is 5.15. The molecule has 0 aliphatic carbocycles. The van der Waals surface area contributed by atoms with E-state index in [0.717, 1.165) is 27.7 Å². The van der Waals surface area contributed by atoms with Crippen molar-refractivity contribution in [3.63, 3.8) is 0 Å². The van der Waals surface area contributed by atoms with Gasteiger partial charge in [0.05, 0.1) is 22.7 Å². The van der Waals surface area contributed by atoms with Crippen LogP contribution in [0.1, 0.15) is 22.3 Å². The number of aryl methyl sites for hydroxylation is 2.